The normalized spacial score (nSPS) is 18.7. The van der Waals surface area contributed by atoms with Crippen LogP contribution < -0.4 is 10.5 Å². The lowest BCUT2D eigenvalue weighted by Crippen LogP contribution is -2.30. The van der Waals surface area contributed by atoms with Crippen molar-refractivity contribution in [1.82, 2.24) is 4.90 Å². The molecular formula is C16H25N3O2. The van der Waals surface area contributed by atoms with E-state index in [-0.39, 0.29) is 5.84 Å². The molecule has 1 saturated heterocycles. The van der Waals surface area contributed by atoms with Crippen molar-refractivity contribution in [3.8, 4) is 5.75 Å². The maximum atomic E-state index is 7.55. The Balaban J connectivity index is 2.02. The minimum absolute atomic E-state index is 0.0854. The summed E-state index contributed by atoms with van der Waals surface area (Å²) < 4.78 is 10.9. The van der Waals surface area contributed by atoms with Gasteiger partial charge < -0.3 is 20.1 Å². The number of benzene rings is 1. The van der Waals surface area contributed by atoms with Crippen LogP contribution in [0.1, 0.15) is 24.0 Å². The molecule has 0 spiro atoms. The van der Waals surface area contributed by atoms with E-state index in [0.29, 0.717) is 5.92 Å². The zero-order valence-corrected chi connectivity index (χ0v) is 12.9. The Morgan fingerprint density at radius 2 is 2.33 bits per heavy atom. The molecular weight excluding hydrogens is 266 g/mol. The summed E-state index contributed by atoms with van der Waals surface area (Å²) in [5, 5.41) is 7.55. The van der Waals surface area contributed by atoms with Crippen LogP contribution in [0, 0.1) is 11.3 Å². The highest BCUT2D eigenvalue weighted by Gasteiger charge is 2.17. The lowest BCUT2D eigenvalue weighted by Gasteiger charge is -2.27. The van der Waals surface area contributed by atoms with Gasteiger partial charge in [0.1, 0.15) is 11.6 Å². The van der Waals surface area contributed by atoms with Crippen LogP contribution in [0.4, 0.5) is 0 Å². The van der Waals surface area contributed by atoms with Gasteiger partial charge in [0.15, 0.2) is 0 Å². The third-order valence-corrected chi connectivity index (χ3v) is 3.86. The molecule has 21 heavy (non-hydrogen) atoms. The molecule has 5 nitrogen and oxygen atoms in total. The van der Waals surface area contributed by atoms with Gasteiger partial charge in [-0.05, 0) is 44.0 Å². The van der Waals surface area contributed by atoms with Gasteiger partial charge in [-0.25, -0.2) is 0 Å². The maximum Gasteiger partial charge on any atom is 0.123 e. The van der Waals surface area contributed by atoms with E-state index < -0.39 is 0 Å². The van der Waals surface area contributed by atoms with Gasteiger partial charge in [-0.3, -0.25) is 5.41 Å². The zero-order chi connectivity index (χ0) is 15.2. The average Bonchev–Trinajstić information content (AvgIpc) is 2.48. The number of hydrogen-bond acceptors (Lipinski definition) is 4. The van der Waals surface area contributed by atoms with Gasteiger partial charge in [0.2, 0.25) is 0 Å². The van der Waals surface area contributed by atoms with Gasteiger partial charge in [-0.15, -0.1) is 0 Å². The van der Waals surface area contributed by atoms with Crippen molar-refractivity contribution in [2.75, 3.05) is 33.9 Å². The summed E-state index contributed by atoms with van der Waals surface area (Å²) in [7, 11) is 3.77. The number of methoxy groups -OCH3 is 1. The first-order valence-electron chi connectivity index (χ1n) is 7.37. The lowest BCUT2D eigenvalue weighted by molar-refractivity contribution is 0.0411. The quantitative estimate of drug-likeness (QED) is 0.619. The standard InChI is InChI=1S/C16H25N3O2/c1-19(9-12-4-3-7-21-11-12)10-14-8-13(16(17)18)5-6-15(14)20-2/h5-6,8,12H,3-4,7,9-11H2,1-2H3,(H3,17,18). The molecule has 1 fully saturated rings. The van der Waals surface area contributed by atoms with Crippen molar-refractivity contribution in [1.29, 1.82) is 5.41 Å². The molecule has 1 heterocycles. The molecule has 0 amide bonds. The minimum atomic E-state index is 0.0854. The second kappa shape index (κ2) is 7.43. The molecule has 1 aliphatic heterocycles. The molecule has 0 saturated carbocycles. The van der Waals surface area contributed by atoms with E-state index in [2.05, 4.69) is 11.9 Å². The van der Waals surface area contributed by atoms with E-state index >= 15 is 0 Å². The van der Waals surface area contributed by atoms with Gasteiger partial charge in [0.05, 0.1) is 13.7 Å². The fourth-order valence-corrected chi connectivity index (χ4v) is 2.82. The molecule has 3 N–H and O–H groups in total. The molecule has 0 aliphatic carbocycles. The van der Waals surface area contributed by atoms with Crippen LogP contribution in [-0.4, -0.2) is 44.7 Å². The van der Waals surface area contributed by atoms with Crippen LogP contribution >= 0.6 is 0 Å². The van der Waals surface area contributed by atoms with Crippen LogP contribution in [0.3, 0.4) is 0 Å². The predicted molar refractivity (Wildman–Crippen MR) is 83.9 cm³/mol. The fraction of sp³-hybridized carbons (Fsp3) is 0.562. The van der Waals surface area contributed by atoms with Crippen molar-refractivity contribution in [3.63, 3.8) is 0 Å². The first-order chi connectivity index (χ1) is 10.1. The van der Waals surface area contributed by atoms with E-state index in [1.54, 1.807) is 7.11 Å². The van der Waals surface area contributed by atoms with Gasteiger partial charge in [-0.1, -0.05) is 0 Å². The highest BCUT2D eigenvalue weighted by Crippen LogP contribution is 2.22. The van der Waals surface area contributed by atoms with Gasteiger partial charge >= 0.3 is 0 Å². The number of nitrogens with two attached hydrogens (primary N) is 1. The monoisotopic (exact) mass is 291 g/mol. The molecule has 1 aliphatic rings. The molecule has 116 valence electrons. The van der Waals surface area contributed by atoms with Crippen molar-refractivity contribution < 1.29 is 9.47 Å². The van der Waals surface area contributed by atoms with Crippen molar-refractivity contribution >= 4 is 5.84 Å². The largest absolute Gasteiger partial charge is 0.496 e. The van der Waals surface area contributed by atoms with Crippen molar-refractivity contribution in [3.05, 3.63) is 29.3 Å². The topological polar surface area (TPSA) is 71.6 Å². The summed E-state index contributed by atoms with van der Waals surface area (Å²) in [6.07, 6.45) is 2.39. The Bertz CT molecular complexity index is 484. The Hall–Kier alpha value is -1.59. The Morgan fingerprint density at radius 3 is 2.95 bits per heavy atom. The van der Waals surface area contributed by atoms with E-state index in [1.807, 2.05) is 18.2 Å². The smallest absolute Gasteiger partial charge is 0.123 e. The summed E-state index contributed by atoms with van der Waals surface area (Å²) >= 11 is 0. The van der Waals surface area contributed by atoms with E-state index in [0.717, 1.165) is 49.6 Å². The highest BCUT2D eigenvalue weighted by molar-refractivity contribution is 5.95. The molecule has 0 radical (unpaired) electrons. The number of ether oxygens (including phenoxy) is 2. The summed E-state index contributed by atoms with van der Waals surface area (Å²) in [5.41, 5.74) is 7.36. The molecule has 1 unspecified atom stereocenters. The zero-order valence-electron chi connectivity index (χ0n) is 12.9. The van der Waals surface area contributed by atoms with E-state index in [4.69, 9.17) is 20.6 Å². The highest BCUT2D eigenvalue weighted by atomic mass is 16.5. The number of hydrogen-bond donors (Lipinski definition) is 2. The number of nitrogen functional groups attached to an aromatic ring is 1. The number of amidine groups is 1. The Morgan fingerprint density at radius 1 is 1.52 bits per heavy atom. The Kier molecular flexibility index (Phi) is 5.59. The van der Waals surface area contributed by atoms with Crippen LogP contribution in [0.2, 0.25) is 0 Å². The summed E-state index contributed by atoms with van der Waals surface area (Å²) in [5.74, 6) is 1.53. The van der Waals surface area contributed by atoms with Crippen molar-refractivity contribution in [2.45, 2.75) is 19.4 Å². The third kappa shape index (κ3) is 4.44. The fourth-order valence-electron chi connectivity index (χ4n) is 2.82. The molecule has 5 heteroatoms. The van der Waals surface area contributed by atoms with Crippen LogP contribution in [0.25, 0.3) is 0 Å². The lowest BCUT2D eigenvalue weighted by atomic mass is 10.0. The van der Waals surface area contributed by atoms with Crippen LogP contribution in [0.5, 0.6) is 5.75 Å². The number of nitrogens with one attached hydrogen (secondary N) is 1. The van der Waals surface area contributed by atoms with E-state index in [1.165, 1.54) is 6.42 Å². The predicted octanol–water partition coefficient (Wildman–Crippen LogP) is 1.84. The van der Waals surface area contributed by atoms with Gasteiger partial charge in [0, 0.05) is 30.8 Å². The summed E-state index contributed by atoms with van der Waals surface area (Å²) in [4.78, 5) is 2.28. The molecule has 2 rings (SSSR count). The third-order valence-electron chi connectivity index (χ3n) is 3.86. The molecule has 1 aromatic rings. The summed E-state index contributed by atoms with van der Waals surface area (Å²) in [6, 6.07) is 5.64. The van der Waals surface area contributed by atoms with Crippen LogP contribution in [-0.2, 0) is 11.3 Å². The van der Waals surface area contributed by atoms with Crippen molar-refractivity contribution in [2.24, 2.45) is 11.7 Å². The van der Waals surface area contributed by atoms with Crippen LogP contribution in [0.15, 0.2) is 18.2 Å². The molecule has 0 bridgehead atoms. The SMILES string of the molecule is COc1ccc(C(=N)N)cc1CN(C)CC1CCCOC1. The molecule has 1 aromatic carbocycles. The second-order valence-corrected chi connectivity index (χ2v) is 5.72. The minimum Gasteiger partial charge on any atom is -0.496 e. The average molecular weight is 291 g/mol. The Labute approximate surface area is 126 Å². The second-order valence-electron chi connectivity index (χ2n) is 5.72. The number of nitrogens with zero attached hydrogens (tertiary/aromatic N) is 1. The molecule has 0 aromatic heterocycles. The molecule has 1 atom stereocenters. The van der Waals surface area contributed by atoms with Gasteiger partial charge in [-0.2, -0.15) is 0 Å². The first-order valence-corrected chi connectivity index (χ1v) is 7.37. The van der Waals surface area contributed by atoms with Gasteiger partial charge in [0.25, 0.3) is 0 Å². The maximum absolute atomic E-state index is 7.55. The summed E-state index contributed by atoms with van der Waals surface area (Å²) in [6.45, 7) is 3.54. The first kappa shape index (κ1) is 15.8. The number of rotatable bonds is 6. The van der Waals surface area contributed by atoms with E-state index in [9.17, 15) is 0 Å².